The van der Waals surface area contributed by atoms with E-state index in [1.54, 1.807) is 13.1 Å². The standard InChI is InChI=1S/C19H29F3N4O.HI/c1-13(2)17(27)24-10-11-26-18(23-4)25-9-8-14(3)15-6-5-7-16(12-15)19(20,21)22;/h5-7,12-14H,8-11H2,1-4H3,(H,24,27)(H2,23,25,26);1H. The minimum Gasteiger partial charge on any atom is -0.356 e. The molecule has 1 atom stereocenters. The molecule has 0 saturated carbocycles. The molecule has 0 radical (unpaired) electrons. The van der Waals surface area contributed by atoms with E-state index in [0.29, 0.717) is 37.6 Å². The molecule has 0 aromatic heterocycles. The van der Waals surface area contributed by atoms with E-state index >= 15 is 0 Å². The molecule has 0 saturated heterocycles. The van der Waals surface area contributed by atoms with Crippen molar-refractivity contribution < 1.29 is 18.0 Å². The van der Waals surface area contributed by atoms with Crippen molar-refractivity contribution >= 4 is 35.8 Å². The summed E-state index contributed by atoms with van der Waals surface area (Å²) in [5.74, 6) is 0.503. The van der Waals surface area contributed by atoms with Gasteiger partial charge < -0.3 is 16.0 Å². The summed E-state index contributed by atoms with van der Waals surface area (Å²) >= 11 is 0. The summed E-state index contributed by atoms with van der Waals surface area (Å²) in [6.45, 7) is 7.13. The van der Waals surface area contributed by atoms with E-state index in [1.807, 2.05) is 20.8 Å². The molecule has 160 valence electrons. The zero-order chi connectivity index (χ0) is 20.4. The first-order chi connectivity index (χ1) is 12.6. The maximum Gasteiger partial charge on any atom is 0.416 e. The van der Waals surface area contributed by atoms with Crippen LogP contribution in [0.2, 0.25) is 0 Å². The van der Waals surface area contributed by atoms with Crippen molar-refractivity contribution in [1.82, 2.24) is 16.0 Å². The van der Waals surface area contributed by atoms with Gasteiger partial charge in [0.2, 0.25) is 5.91 Å². The molecule has 9 heteroatoms. The van der Waals surface area contributed by atoms with Crippen molar-refractivity contribution in [1.29, 1.82) is 0 Å². The third-order valence-corrected chi connectivity index (χ3v) is 4.12. The van der Waals surface area contributed by atoms with Crippen molar-refractivity contribution in [3.05, 3.63) is 35.4 Å². The summed E-state index contributed by atoms with van der Waals surface area (Å²) in [4.78, 5) is 15.6. The minimum absolute atomic E-state index is 0. The fraction of sp³-hybridized carbons (Fsp3) is 0.579. The van der Waals surface area contributed by atoms with Crippen LogP contribution in [0.15, 0.2) is 29.3 Å². The first-order valence-corrected chi connectivity index (χ1v) is 9.04. The third-order valence-electron chi connectivity index (χ3n) is 4.12. The summed E-state index contributed by atoms with van der Waals surface area (Å²) < 4.78 is 38.4. The third kappa shape index (κ3) is 9.61. The number of hydrogen-bond acceptors (Lipinski definition) is 2. The van der Waals surface area contributed by atoms with Gasteiger partial charge in [-0.25, -0.2) is 0 Å². The van der Waals surface area contributed by atoms with Gasteiger partial charge in [-0.15, -0.1) is 24.0 Å². The van der Waals surface area contributed by atoms with Crippen molar-refractivity contribution in [3.8, 4) is 0 Å². The summed E-state index contributed by atoms with van der Waals surface area (Å²) in [7, 11) is 1.64. The van der Waals surface area contributed by atoms with Crippen molar-refractivity contribution in [3.63, 3.8) is 0 Å². The van der Waals surface area contributed by atoms with E-state index in [1.165, 1.54) is 12.1 Å². The maximum absolute atomic E-state index is 12.8. The van der Waals surface area contributed by atoms with Crippen LogP contribution in [0.5, 0.6) is 0 Å². The van der Waals surface area contributed by atoms with Gasteiger partial charge in [0.1, 0.15) is 0 Å². The Morgan fingerprint density at radius 3 is 2.25 bits per heavy atom. The second-order valence-corrected chi connectivity index (χ2v) is 6.68. The van der Waals surface area contributed by atoms with Gasteiger partial charge in [-0.2, -0.15) is 13.2 Å². The summed E-state index contributed by atoms with van der Waals surface area (Å²) in [6.07, 6.45) is -3.67. The smallest absolute Gasteiger partial charge is 0.356 e. The Labute approximate surface area is 182 Å². The quantitative estimate of drug-likeness (QED) is 0.214. The number of nitrogens with one attached hydrogen (secondary N) is 3. The first-order valence-electron chi connectivity index (χ1n) is 9.04. The Kier molecular flexibility index (Phi) is 12.1. The molecule has 0 aliphatic rings. The van der Waals surface area contributed by atoms with Crippen LogP contribution in [0, 0.1) is 5.92 Å². The van der Waals surface area contributed by atoms with E-state index in [-0.39, 0.29) is 41.7 Å². The summed E-state index contributed by atoms with van der Waals surface area (Å²) in [5.41, 5.74) is 0.0340. The molecule has 0 fully saturated rings. The van der Waals surface area contributed by atoms with E-state index in [0.717, 1.165) is 6.07 Å². The Balaban J connectivity index is 0.00000729. The second-order valence-electron chi connectivity index (χ2n) is 6.68. The van der Waals surface area contributed by atoms with Gasteiger partial charge in [0.25, 0.3) is 0 Å². The number of alkyl halides is 3. The fourth-order valence-electron chi connectivity index (χ4n) is 2.39. The number of benzene rings is 1. The molecule has 1 aromatic rings. The van der Waals surface area contributed by atoms with Gasteiger partial charge in [0.15, 0.2) is 5.96 Å². The maximum atomic E-state index is 12.8. The van der Waals surface area contributed by atoms with E-state index in [4.69, 9.17) is 0 Å². The number of guanidine groups is 1. The Hall–Kier alpha value is -1.52. The van der Waals surface area contributed by atoms with Gasteiger partial charge >= 0.3 is 6.18 Å². The average molecular weight is 514 g/mol. The Bertz CT molecular complexity index is 636. The molecule has 1 unspecified atom stereocenters. The zero-order valence-electron chi connectivity index (χ0n) is 16.7. The normalized spacial score (nSPS) is 12.9. The molecule has 5 nitrogen and oxygen atoms in total. The second kappa shape index (κ2) is 12.8. The topological polar surface area (TPSA) is 65.5 Å². The molecule has 1 amide bonds. The molecular formula is C19H30F3IN4O. The molecule has 0 aliphatic carbocycles. The first kappa shape index (κ1) is 26.5. The Morgan fingerprint density at radius 1 is 1.07 bits per heavy atom. The van der Waals surface area contributed by atoms with Crippen molar-refractivity contribution in [2.75, 3.05) is 26.7 Å². The fourth-order valence-corrected chi connectivity index (χ4v) is 2.39. The number of halogens is 4. The van der Waals surface area contributed by atoms with Crippen LogP contribution in [0.25, 0.3) is 0 Å². The number of nitrogens with zero attached hydrogens (tertiary/aromatic N) is 1. The lowest BCUT2D eigenvalue weighted by Gasteiger charge is -2.16. The van der Waals surface area contributed by atoms with Crippen LogP contribution in [-0.4, -0.2) is 38.5 Å². The van der Waals surface area contributed by atoms with Crippen LogP contribution >= 0.6 is 24.0 Å². The monoisotopic (exact) mass is 514 g/mol. The molecular weight excluding hydrogens is 484 g/mol. The molecule has 0 bridgehead atoms. The molecule has 1 aromatic carbocycles. The van der Waals surface area contributed by atoms with Gasteiger partial charge in [-0.3, -0.25) is 9.79 Å². The molecule has 0 spiro atoms. The van der Waals surface area contributed by atoms with Crippen LogP contribution in [0.3, 0.4) is 0 Å². The highest BCUT2D eigenvalue weighted by Gasteiger charge is 2.30. The average Bonchev–Trinajstić information content (AvgIpc) is 2.62. The minimum atomic E-state index is -4.33. The van der Waals surface area contributed by atoms with Gasteiger partial charge in [0.05, 0.1) is 5.56 Å². The highest BCUT2D eigenvalue weighted by atomic mass is 127. The number of aliphatic imine (C=N–C) groups is 1. The van der Waals surface area contributed by atoms with Crippen LogP contribution < -0.4 is 16.0 Å². The van der Waals surface area contributed by atoms with Crippen LogP contribution in [0.4, 0.5) is 13.2 Å². The number of rotatable bonds is 8. The molecule has 0 aliphatic heterocycles. The van der Waals surface area contributed by atoms with Gasteiger partial charge in [-0.1, -0.05) is 39.0 Å². The molecule has 0 heterocycles. The van der Waals surface area contributed by atoms with Gasteiger partial charge in [0, 0.05) is 32.6 Å². The van der Waals surface area contributed by atoms with Crippen molar-refractivity contribution in [2.24, 2.45) is 10.9 Å². The number of hydrogen-bond donors (Lipinski definition) is 3. The van der Waals surface area contributed by atoms with E-state index in [9.17, 15) is 18.0 Å². The van der Waals surface area contributed by atoms with Crippen LogP contribution in [-0.2, 0) is 11.0 Å². The van der Waals surface area contributed by atoms with E-state index < -0.39 is 11.7 Å². The van der Waals surface area contributed by atoms with Gasteiger partial charge in [-0.05, 0) is 24.0 Å². The molecule has 3 N–H and O–H groups in total. The predicted octanol–water partition coefficient (Wildman–Crippen LogP) is 3.75. The number of amides is 1. The lowest BCUT2D eigenvalue weighted by atomic mass is 9.96. The van der Waals surface area contributed by atoms with E-state index in [2.05, 4.69) is 20.9 Å². The summed E-state index contributed by atoms with van der Waals surface area (Å²) in [5, 5.41) is 9.01. The predicted molar refractivity (Wildman–Crippen MR) is 117 cm³/mol. The van der Waals surface area contributed by atoms with Crippen molar-refractivity contribution in [2.45, 2.75) is 39.3 Å². The summed E-state index contributed by atoms with van der Waals surface area (Å²) in [6, 6.07) is 5.44. The number of carbonyl (C=O) groups excluding carboxylic acids is 1. The SMILES string of the molecule is CN=C(NCCNC(=O)C(C)C)NCCC(C)c1cccc(C(F)(F)F)c1.I. The Morgan fingerprint density at radius 2 is 1.68 bits per heavy atom. The number of carbonyl (C=O) groups is 1. The van der Waals surface area contributed by atoms with Crippen LogP contribution in [0.1, 0.15) is 44.2 Å². The highest BCUT2D eigenvalue weighted by Crippen LogP contribution is 2.31. The largest absolute Gasteiger partial charge is 0.416 e. The highest BCUT2D eigenvalue weighted by molar-refractivity contribution is 14.0. The lowest BCUT2D eigenvalue weighted by Crippen LogP contribution is -2.42. The molecule has 1 rings (SSSR count). The molecule has 28 heavy (non-hydrogen) atoms. The zero-order valence-corrected chi connectivity index (χ0v) is 19.0. The lowest BCUT2D eigenvalue weighted by molar-refractivity contribution is -0.137.